The van der Waals surface area contributed by atoms with Gasteiger partial charge in [0.05, 0.1) is 5.60 Å². The number of likely N-dealkylation sites (tertiary alicyclic amines) is 1. The van der Waals surface area contributed by atoms with Crippen molar-refractivity contribution in [3.63, 3.8) is 0 Å². The van der Waals surface area contributed by atoms with E-state index in [4.69, 9.17) is 0 Å². The zero-order valence-corrected chi connectivity index (χ0v) is 20.4. The van der Waals surface area contributed by atoms with E-state index in [1.54, 1.807) is 6.20 Å². The van der Waals surface area contributed by atoms with Gasteiger partial charge in [-0.15, -0.1) is 0 Å². The standard InChI is InChI=1S/C12H18N2O.C12H18N2.C2H6/c1-10-3-4-11(9-13-10)12(15)5-7-14(2)8-6-12;1-10-3-4-11(9-14-10)12(2)5-7-13-8-6-12;1-2/h3-4,9,15H,5-8H2,1-2H3;3-4,9,13H,5-8H2,1-2H3;1-2H3. The van der Waals surface area contributed by atoms with Gasteiger partial charge in [0.2, 0.25) is 0 Å². The van der Waals surface area contributed by atoms with Crippen LogP contribution in [0.1, 0.15) is 69.0 Å². The van der Waals surface area contributed by atoms with Crippen LogP contribution in [0, 0.1) is 13.8 Å². The fraction of sp³-hybridized carbons (Fsp3) is 0.615. The lowest BCUT2D eigenvalue weighted by Gasteiger charge is -2.36. The quantitative estimate of drug-likeness (QED) is 0.747. The highest BCUT2D eigenvalue weighted by Crippen LogP contribution is 2.32. The number of aryl methyl sites for hydroxylation is 2. The first kappa shape index (κ1) is 25.4. The second-order valence-corrected chi connectivity index (χ2v) is 9.02. The molecule has 2 saturated heterocycles. The molecule has 2 aliphatic heterocycles. The van der Waals surface area contributed by atoms with Gasteiger partial charge < -0.3 is 15.3 Å². The smallest absolute Gasteiger partial charge is 0.0935 e. The maximum atomic E-state index is 10.5. The van der Waals surface area contributed by atoms with Gasteiger partial charge in [-0.3, -0.25) is 9.97 Å². The molecule has 4 rings (SSSR count). The molecule has 0 radical (unpaired) electrons. The van der Waals surface area contributed by atoms with Gasteiger partial charge in [-0.2, -0.15) is 0 Å². The zero-order valence-electron chi connectivity index (χ0n) is 20.4. The predicted molar refractivity (Wildman–Crippen MR) is 129 cm³/mol. The van der Waals surface area contributed by atoms with Gasteiger partial charge >= 0.3 is 0 Å². The SMILES string of the molecule is CC.Cc1ccc(C2(C)CCNCC2)cn1.Cc1ccc(C2(O)CCN(C)CC2)cn1. The van der Waals surface area contributed by atoms with Crippen LogP contribution in [0.3, 0.4) is 0 Å². The van der Waals surface area contributed by atoms with Crippen LogP contribution in [-0.4, -0.2) is 53.2 Å². The van der Waals surface area contributed by atoms with Crippen LogP contribution in [0.2, 0.25) is 0 Å². The van der Waals surface area contributed by atoms with Gasteiger partial charge in [-0.1, -0.05) is 32.9 Å². The molecule has 5 heteroatoms. The van der Waals surface area contributed by atoms with Gasteiger partial charge in [-0.25, -0.2) is 0 Å². The summed E-state index contributed by atoms with van der Waals surface area (Å²) in [5.41, 5.74) is 4.13. The van der Waals surface area contributed by atoms with Crippen molar-refractivity contribution in [3.05, 3.63) is 59.2 Å². The van der Waals surface area contributed by atoms with E-state index in [1.807, 2.05) is 46.0 Å². The van der Waals surface area contributed by atoms with Gasteiger partial charge in [0.1, 0.15) is 0 Å². The first-order chi connectivity index (χ1) is 14.8. The average molecular weight is 427 g/mol. The Bertz CT molecular complexity index is 759. The molecule has 0 saturated carbocycles. The number of nitrogens with zero attached hydrogens (tertiary/aromatic N) is 3. The third kappa shape index (κ3) is 7.09. The Balaban J connectivity index is 0.000000204. The number of piperidine rings is 2. The Hall–Kier alpha value is -1.82. The summed E-state index contributed by atoms with van der Waals surface area (Å²) in [6, 6.07) is 8.30. The summed E-state index contributed by atoms with van der Waals surface area (Å²) in [5, 5.41) is 13.9. The molecule has 31 heavy (non-hydrogen) atoms. The molecular formula is C26H42N4O. The topological polar surface area (TPSA) is 61.3 Å². The molecule has 5 nitrogen and oxygen atoms in total. The van der Waals surface area contributed by atoms with Crippen LogP contribution < -0.4 is 5.32 Å². The molecule has 0 aliphatic carbocycles. The summed E-state index contributed by atoms with van der Waals surface area (Å²) in [7, 11) is 2.09. The Morgan fingerprint density at radius 2 is 1.32 bits per heavy atom. The van der Waals surface area contributed by atoms with Crippen molar-refractivity contribution < 1.29 is 5.11 Å². The molecule has 0 spiro atoms. The maximum Gasteiger partial charge on any atom is 0.0935 e. The highest BCUT2D eigenvalue weighted by Gasteiger charge is 2.33. The van der Waals surface area contributed by atoms with Crippen LogP contribution in [0.15, 0.2) is 36.7 Å². The van der Waals surface area contributed by atoms with E-state index in [2.05, 4.69) is 46.3 Å². The summed E-state index contributed by atoms with van der Waals surface area (Å²) in [4.78, 5) is 10.9. The van der Waals surface area contributed by atoms with Crippen molar-refractivity contribution in [1.29, 1.82) is 0 Å². The highest BCUT2D eigenvalue weighted by atomic mass is 16.3. The zero-order chi connectivity index (χ0) is 22.9. The highest BCUT2D eigenvalue weighted by molar-refractivity contribution is 5.23. The fourth-order valence-corrected chi connectivity index (χ4v) is 4.11. The van der Waals surface area contributed by atoms with Crippen molar-refractivity contribution in [1.82, 2.24) is 20.2 Å². The molecule has 2 aliphatic rings. The first-order valence-electron chi connectivity index (χ1n) is 11.8. The largest absolute Gasteiger partial charge is 0.385 e. The van der Waals surface area contributed by atoms with Crippen LogP contribution in [-0.2, 0) is 11.0 Å². The van der Waals surface area contributed by atoms with E-state index >= 15 is 0 Å². The van der Waals surface area contributed by atoms with E-state index < -0.39 is 5.60 Å². The van der Waals surface area contributed by atoms with Crippen molar-refractivity contribution in [2.24, 2.45) is 0 Å². The van der Waals surface area contributed by atoms with E-state index in [0.29, 0.717) is 5.41 Å². The van der Waals surface area contributed by atoms with E-state index in [9.17, 15) is 5.11 Å². The van der Waals surface area contributed by atoms with E-state index in [-0.39, 0.29) is 0 Å². The number of aromatic nitrogens is 2. The van der Waals surface area contributed by atoms with Crippen molar-refractivity contribution >= 4 is 0 Å². The molecule has 2 fully saturated rings. The van der Waals surface area contributed by atoms with Crippen LogP contribution in [0.5, 0.6) is 0 Å². The summed E-state index contributed by atoms with van der Waals surface area (Å²) in [5.74, 6) is 0. The normalized spacial score (nSPS) is 20.0. The third-order valence-electron chi connectivity index (χ3n) is 6.58. The Morgan fingerprint density at radius 1 is 0.839 bits per heavy atom. The van der Waals surface area contributed by atoms with E-state index in [1.165, 1.54) is 18.4 Å². The predicted octanol–water partition coefficient (Wildman–Crippen LogP) is 4.36. The van der Waals surface area contributed by atoms with Gasteiger partial charge in [0.15, 0.2) is 0 Å². The molecule has 0 bridgehead atoms. The lowest BCUT2D eigenvalue weighted by molar-refractivity contribution is -0.0205. The van der Waals surface area contributed by atoms with Crippen molar-refractivity contribution in [3.8, 4) is 0 Å². The second-order valence-electron chi connectivity index (χ2n) is 9.02. The number of hydrogen-bond acceptors (Lipinski definition) is 5. The first-order valence-corrected chi connectivity index (χ1v) is 11.8. The minimum absolute atomic E-state index is 0.339. The fourth-order valence-electron chi connectivity index (χ4n) is 4.11. The van der Waals surface area contributed by atoms with Crippen LogP contribution >= 0.6 is 0 Å². The molecular weight excluding hydrogens is 384 g/mol. The van der Waals surface area contributed by atoms with Crippen LogP contribution in [0.25, 0.3) is 0 Å². The maximum absolute atomic E-state index is 10.5. The van der Waals surface area contributed by atoms with Gasteiger partial charge in [0, 0.05) is 42.4 Å². The number of hydrogen-bond donors (Lipinski definition) is 2. The number of aliphatic hydroxyl groups is 1. The summed E-state index contributed by atoms with van der Waals surface area (Å²) < 4.78 is 0. The lowest BCUT2D eigenvalue weighted by Crippen LogP contribution is -2.40. The Morgan fingerprint density at radius 3 is 1.77 bits per heavy atom. The van der Waals surface area contributed by atoms with Crippen molar-refractivity contribution in [2.45, 2.75) is 71.3 Å². The number of rotatable bonds is 2. The minimum Gasteiger partial charge on any atom is -0.385 e. The molecule has 0 aromatic carbocycles. The van der Waals surface area contributed by atoms with Gasteiger partial charge in [0.25, 0.3) is 0 Å². The van der Waals surface area contributed by atoms with Gasteiger partial charge in [-0.05, 0) is 82.8 Å². The molecule has 172 valence electrons. The van der Waals surface area contributed by atoms with Crippen LogP contribution in [0.4, 0.5) is 0 Å². The van der Waals surface area contributed by atoms with Crippen molar-refractivity contribution in [2.75, 3.05) is 33.2 Å². The average Bonchev–Trinajstić information content (AvgIpc) is 2.79. The third-order valence-corrected chi connectivity index (χ3v) is 6.58. The number of nitrogens with one attached hydrogen (secondary N) is 1. The summed E-state index contributed by atoms with van der Waals surface area (Å²) in [6.07, 6.45) is 7.89. The molecule has 0 atom stereocenters. The Kier molecular flexibility index (Phi) is 9.60. The Labute approximate surface area is 189 Å². The lowest BCUT2D eigenvalue weighted by atomic mass is 9.76. The van der Waals surface area contributed by atoms with E-state index in [0.717, 1.165) is 56.0 Å². The number of pyridine rings is 2. The molecule has 4 heterocycles. The molecule has 2 aromatic heterocycles. The molecule has 0 amide bonds. The molecule has 2 aromatic rings. The molecule has 2 N–H and O–H groups in total. The second kappa shape index (κ2) is 11.7. The monoisotopic (exact) mass is 426 g/mol. The minimum atomic E-state index is -0.660. The summed E-state index contributed by atoms with van der Waals surface area (Å²) in [6.45, 7) is 14.5. The summed E-state index contributed by atoms with van der Waals surface area (Å²) >= 11 is 0. The molecule has 0 unspecified atom stereocenters.